The van der Waals surface area contributed by atoms with Crippen molar-refractivity contribution in [2.75, 3.05) is 20.0 Å². The molecule has 0 saturated carbocycles. The first-order valence-corrected chi connectivity index (χ1v) is 6.07. The first kappa shape index (κ1) is 14.3. The first-order valence-electron chi connectivity index (χ1n) is 5.02. The van der Waals surface area contributed by atoms with Crippen LogP contribution in [0, 0.1) is 11.3 Å². The number of nitrogens with zero attached hydrogens (tertiary/aromatic N) is 2. The summed E-state index contributed by atoms with van der Waals surface area (Å²) in [7, 11) is 2.40. The zero-order valence-corrected chi connectivity index (χ0v) is 10.7. The Bertz CT molecular complexity index is 382. The van der Waals surface area contributed by atoms with E-state index < -0.39 is 35.7 Å². The van der Waals surface area contributed by atoms with Crippen molar-refractivity contribution in [2.45, 2.75) is 17.8 Å². The highest BCUT2D eigenvalue weighted by Crippen LogP contribution is 2.31. The van der Waals surface area contributed by atoms with Crippen LogP contribution in [0.5, 0.6) is 0 Å². The van der Waals surface area contributed by atoms with E-state index in [9.17, 15) is 14.4 Å². The largest absolute Gasteiger partial charge is 0.467 e. The van der Waals surface area contributed by atoms with Crippen LogP contribution in [0.25, 0.3) is 0 Å². The van der Waals surface area contributed by atoms with Crippen LogP contribution in [0.1, 0.15) is 6.42 Å². The van der Waals surface area contributed by atoms with Crippen molar-refractivity contribution < 1.29 is 23.9 Å². The average molecular weight is 272 g/mol. The van der Waals surface area contributed by atoms with Crippen LogP contribution >= 0.6 is 11.8 Å². The van der Waals surface area contributed by atoms with Crippen molar-refractivity contribution in [3.63, 3.8) is 0 Å². The van der Waals surface area contributed by atoms with Gasteiger partial charge in [-0.25, -0.2) is 9.59 Å². The zero-order chi connectivity index (χ0) is 13.7. The molecule has 1 aliphatic rings. The quantitative estimate of drug-likeness (QED) is 0.640. The number of nitriles is 1. The van der Waals surface area contributed by atoms with Gasteiger partial charge in [0, 0.05) is 5.75 Å². The third kappa shape index (κ3) is 2.73. The van der Waals surface area contributed by atoms with E-state index in [1.807, 2.05) is 0 Å². The summed E-state index contributed by atoms with van der Waals surface area (Å²) in [6.45, 7) is 0. The number of thioether (sulfide) groups is 1. The Balaban J connectivity index is 2.96. The summed E-state index contributed by atoms with van der Waals surface area (Å²) in [5.74, 6) is -1.59. The van der Waals surface area contributed by atoms with Gasteiger partial charge in [-0.15, -0.1) is 11.8 Å². The topological polar surface area (TPSA) is 96.7 Å². The fraction of sp³-hybridized carbons (Fsp3) is 0.600. The summed E-state index contributed by atoms with van der Waals surface area (Å²) in [4.78, 5) is 35.9. The maximum Gasteiger partial charge on any atom is 0.339 e. The number of ether oxygens (including phenoxy) is 2. The number of methoxy groups -OCH3 is 2. The minimum absolute atomic E-state index is 0.240. The Labute approximate surface area is 108 Å². The predicted octanol–water partition coefficient (Wildman–Crippen LogP) is -0.484. The number of hydrogen-bond donors (Lipinski definition) is 0. The molecule has 0 aromatic rings. The van der Waals surface area contributed by atoms with E-state index in [1.54, 1.807) is 6.07 Å². The summed E-state index contributed by atoms with van der Waals surface area (Å²) in [5.41, 5.74) is 0. The minimum Gasteiger partial charge on any atom is -0.467 e. The third-order valence-electron chi connectivity index (χ3n) is 2.39. The molecule has 1 fully saturated rings. The monoisotopic (exact) mass is 272 g/mol. The van der Waals surface area contributed by atoms with Crippen molar-refractivity contribution in [3.05, 3.63) is 0 Å². The molecule has 98 valence electrons. The fourth-order valence-electron chi connectivity index (χ4n) is 1.57. The van der Waals surface area contributed by atoms with Gasteiger partial charge < -0.3 is 14.4 Å². The van der Waals surface area contributed by atoms with Crippen molar-refractivity contribution in [2.24, 2.45) is 0 Å². The maximum atomic E-state index is 11.8. The van der Waals surface area contributed by atoms with Gasteiger partial charge in [0.25, 0.3) is 0 Å². The van der Waals surface area contributed by atoms with Crippen LogP contribution in [-0.2, 0) is 23.9 Å². The summed E-state index contributed by atoms with van der Waals surface area (Å²) >= 11 is 1.11. The lowest BCUT2D eigenvalue weighted by atomic mass is 10.2. The molecule has 2 unspecified atom stereocenters. The van der Waals surface area contributed by atoms with Crippen LogP contribution in [0.15, 0.2) is 0 Å². The number of carbonyl (C=O) groups excluding carboxylic acids is 3. The average Bonchev–Trinajstić information content (AvgIpc) is 2.81. The van der Waals surface area contributed by atoms with Gasteiger partial charge in [0.05, 0.1) is 20.3 Å². The fourth-order valence-corrected chi connectivity index (χ4v) is 2.89. The molecule has 18 heavy (non-hydrogen) atoms. The molecule has 0 radical (unpaired) electrons. The maximum absolute atomic E-state index is 11.8. The van der Waals surface area contributed by atoms with E-state index in [0.29, 0.717) is 0 Å². The lowest BCUT2D eigenvalue weighted by molar-refractivity contribution is -0.156. The van der Waals surface area contributed by atoms with Crippen molar-refractivity contribution in [3.8, 4) is 6.07 Å². The molecule has 1 amide bonds. The van der Waals surface area contributed by atoms with Gasteiger partial charge >= 0.3 is 11.9 Å². The van der Waals surface area contributed by atoms with Gasteiger partial charge in [0.1, 0.15) is 12.5 Å². The smallest absolute Gasteiger partial charge is 0.339 e. The molecule has 2 atom stereocenters. The SMILES string of the molecule is COC(=O)C1CSC(C(=O)OC)N1C(=O)CC#N. The Morgan fingerprint density at radius 3 is 2.44 bits per heavy atom. The van der Waals surface area contributed by atoms with Crippen LogP contribution in [0.2, 0.25) is 0 Å². The number of esters is 2. The van der Waals surface area contributed by atoms with Crippen molar-refractivity contribution >= 4 is 29.6 Å². The van der Waals surface area contributed by atoms with E-state index in [-0.39, 0.29) is 5.75 Å². The molecule has 1 rings (SSSR count). The molecule has 0 aromatic heterocycles. The Hall–Kier alpha value is -1.75. The molecule has 1 heterocycles. The Kier molecular flexibility index (Phi) is 4.97. The van der Waals surface area contributed by atoms with Gasteiger partial charge in [-0.3, -0.25) is 4.79 Å². The molecule has 0 aliphatic carbocycles. The standard InChI is InChI=1S/C10H12N2O5S/c1-16-9(14)6-5-18-8(10(15)17-2)12(6)7(13)3-4-11/h6,8H,3,5H2,1-2H3. The second kappa shape index (κ2) is 6.26. The van der Waals surface area contributed by atoms with Crippen LogP contribution in [0.3, 0.4) is 0 Å². The van der Waals surface area contributed by atoms with Gasteiger partial charge in [0.15, 0.2) is 5.37 Å². The summed E-state index contributed by atoms with van der Waals surface area (Å²) in [6.07, 6.45) is -0.401. The molecule has 7 nitrogen and oxygen atoms in total. The Morgan fingerprint density at radius 1 is 1.33 bits per heavy atom. The van der Waals surface area contributed by atoms with Gasteiger partial charge in [-0.1, -0.05) is 0 Å². The number of rotatable bonds is 3. The highest BCUT2D eigenvalue weighted by atomic mass is 32.2. The lowest BCUT2D eigenvalue weighted by Crippen LogP contribution is -2.48. The van der Waals surface area contributed by atoms with Gasteiger partial charge in [-0.05, 0) is 0 Å². The van der Waals surface area contributed by atoms with E-state index in [0.717, 1.165) is 16.7 Å². The zero-order valence-electron chi connectivity index (χ0n) is 9.91. The van der Waals surface area contributed by atoms with E-state index in [1.165, 1.54) is 14.2 Å². The number of amides is 1. The molecule has 8 heteroatoms. The molecule has 0 bridgehead atoms. The minimum atomic E-state index is -0.903. The van der Waals surface area contributed by atoms with E-state index >= 15 is 0 Å². The van der Waals surface area contributed by atoms with Crippen LogP contribution < -0.4 is 0 Å². The molecule has 0 spiro atoms. The Morgan fingerprint density at radius 2 is 1.94 bits per heavy atom. The number of hydrogen-bond acceptors (Lipinski definition) is 7. The second-order valence-corrected chi connectivity index (χ2v) is 4.50. The normalized spacial score (nSPS) is 22.2. The highest BCUT2D eigenvalue weighted by Gasteiger charge is 2.45. The highest BCUT2D eigenvalue weighted by molar-refractivity contribution is 8.00. The third-order valence-corrected chi connectivity index (χ3v) is 3.64. The summed E-state index contributed by atoms with van der Waals surface area (Å²) in [6, 6.07) is 0.838. The van der Waals surface area contributed by atoms with Gasteiger partial charge in [-0.2, -0.15) is 5.26 Å². The summed E-state index contributed by atoms with van der Waals surface area (Å²) < 4.78 is 9.14. The molecular weight excluding hydrogens is 260 g/mol. The molecule has 0 N–H and O–H groups in total. The van der Waals surface area contributed by atoms with Crippen LogP contribution in [-0.4, -0.2) is 54.1 Å². The first-order chi connectivity index (χ1) is 8.56. The predicted molar refractivity (Wildman–Crippen MR) is 61.1 cm³/mol. The second-order valence-electron chi connectivity index (χ2n) is 3.38. The lowest BCUT2D eigenvalue weighted by Gasteiger charge is -2.25. The van der Waals surface area contributed by atoms with Gasteiger partial charge in [0.2, 0.25) is 5.91 Å². The van der Waals surface area contributed by atoms with Crippen molar-refractivity contribution in [1.82, 2.24) is 4.90 Å². The van der Waals surface area contributed by atoms with E-state index in [2.05, 4.69) is 9.47 Å². The molecule has 1 aliphatic heterocycles. The number of carbonyl (C=O) groups is 3. The molecule has 0 aromatic carbocycles. The molecular formula is C10H12N2O5S. The van der Waals surface area contributed by atoms with E-state index in [4.69, 9.17) is 5.26 Å². The summed E-state index contributed by atoms with van der Waals surface area (Å²) in [5, 5.41) is 7.62. The van der Waals surface area contributed by atoms with Crippen molar-refractivity contribution in [1.29, 1.82) is 5.26 Å². The molecule has 1 saturated heterocycles. The van der Waals surface area contributed by atoms with Crippen LogP contribution in [0.4, 0.5) is 0 Å².